The van der Waals surface area contributed by atoms with E-state index in [1.54, 1.807) is 4.57 Å². The first-order chi connectivity index (χ1) is 11.0. The van der Waals surface area contributed by atoms with Crippen molar-refractivity contribution in [2.45, 2.75) is 33.9 Å². The first kappa shape index (κ1) is 15.5. The molecule has 0 fully saturated rings. The van der Waals surface area contributed by atoms with E-state index in [-0.39, 0.29) is 18.1 Å². The molecular formula is C16H18N4O2S. The van der Waals surface area contributed by atoms with E-state index in [0.717, 1.165) is 21.6 Å². The van der Waals surface area contributed by atoms with Crippen LogP contribution in [0.15, 0.2) is 29.1 Å². The lowest BCUT2D eigenvalue weighted by atomic mass is 10.3. The normalized spacial score (nSPS) is 11.1. The van der Waals surface area contributed by atoms with Gasteiger partial charge < -0.3 is 5.32 Å². The molecule has 0 saturated heterocycles. The summed E-state index contributed by atoms with van der Waals surface area (Å²) in [5.41, 5.74) is 2.34. The Kier molecular flexibility index (Phi) is 4.04. The maximum absolute atomic E-state index is 12.5. The van der Waals surface area contributed by atoms with Gasteiger partial charge in [-0.3, -0.25) is 13.9 Å². The number of thiazole rings is 1. The number of carbonyl (C=O) groups is 1. The molecule has 1 amide bonds. The minimum atomic E-state index is -0.250. The number of benzene rings is 1. The molecule has 0 spiro atoms. The van der Waals surface area contributed by atoms with Gasteiger partial charge in [0, 0.05) is 11.4 Å². The van der Waals surface area contributed by atoms with Gasteiger partial charge in [0.1, 0.15) is 6.54 Å². The maximum atomic E-state index is 12.5. The molecule has 3 rings (SSSR count). The van der Waals surface area contributed by atoms with E-state index in [1.807, 2.05) is 45.0 Å². The van der Waals surface area contributed by atoms with Crippen LogP contribution in [0.4, 0.5) is 5.13 Å². The summed E-state index contributed by atoms with van der Waals surface area (Å²) in [6.07, 6.45) is 0. The van der Waals surface area contributed by atoms with E-state index in [2.05, 4.69) is 10.3 Å². The Morgan fingerprint density at radius 2 is 1.87 bits per heavy atom. The van der Waals surface area contributed by atoms with Gasteiger partial charge in [-0.05, 0) is 32.9 Å². The number of aromatic nitrogens is 3. The summed E-state index contributed by atoms with van der Waals surface area (Å²) < 4.78 is 3.17. The van der Waals surface area contributed by atoms with Crippen molar-refractivity contribution in [3.05, 3.63) is 45.3 Å². The highest BCUT2D eigenvalue weighted by atomic mass is 32.1. The Morgan fingerprint density at radius 1 is 1.22 bits per heavy atom. The number of rotatable bonds is 4. The number of hydrogen-bond donors (Lipinski definition) is 1. The summed E-state index contributed by atoms with van der Waals surface area (Å²) >= 11 is 1.44. The molecule has 1 N–H and O–H groups in total. The molecule has 6 nitrogen and oxygen atoms in total. The Labute approximate surface area is 137 Å². The second-order valence-corrected chi connectivity index (χ2v) is 6.51. The molecule has 0 unspecified atom stereocenters. The second-order valence-electron chi connectivity index (χ2n) is 5.31. The second kappa shape index (κ2) is 6.00. The largest absolute Gasteiger partial charge is 0.329 e. The Bertz CT molecular complexity index is 916. The van der Waals surface area contributed by atoms with Crippen LogP contribution in [0.3, 0.4) is 0 Å². The van der Waals surface area contributed by atoms with Crippen molar-refractivity contribution in [1.82, 2.24) is 14.1 Å². The van der Waals surface area contributed by atoms with Gasteiger partial charge in [0.15, 0.2) is 5.13 Å². The third kappa shape index (κ3) is 2.79. The highest BCUT2D eigenvalue weighted by molar-refractivity contribution is 7.15. The molecule has 0 saturated carbocycles. The molecule has 0 aliphatic carbocycles. The van der Waals surface area contributed by atoms with Crippen LogP contribution in [-0.4, -0.2) is 20.0 Å². The smallest absolute Gasteiger partial charge is 0.300 e. The monoisotopic (exact) mass is 330 g/mol. The molecule has 23 heavy (non-hydrogen) atoms. The molecule has 2 aromatic heterocycles. The number of nitrogens with one attached hydrogen (secondary N) is 1. The number of imidazole rings is 1. The highest BCUT2D eigenvalue weighted by Crippen LogP contribution is 2.21. The molecule has 3 aromatic rings. The number of hydrogen-bond acceptors (Lipinski definition) is 4. The summed E-state index contributed by atoms with van der Waals surface area (Å²) in [5.74, 6) is -0.250. The zero-order valence-corrected chi connectivity index (χ0v) is 14.1. The predicted molar refractivity (Wildman–Crippen MR) is 92.1 cm³/mol. The topological polar surface area (TPSA) is 68.9 Å². The summed E-state index contributed by atoms with van der Waals surface area (Å²) in [6, 6.07) is 7.50. The van der Waals surface area contributed by atoms with Crippen molar-refractivity contribution in [3.8, 4) is 0 Å². The van der Waals surface area contributed by atoms with Crippen molar-refractivity contribution in [2.24, 2.45) is 0 Å². The molecule has 0 atom stereocenters. The van der Waals surface area contributed by atoms with Gasteiger partial charge in [0.25, 0.3) is 0 Å². The van der Waals surface area contributed by atoms with Crippen LogP contribution in [0, 0.1) is 13.8 Å². The lowest BCUT2D eigenvalue weighted by molar-refractivity contribution is -0.116. The number of aryl methyl sites for hydroxylation is 3. The van der Waals surface area contributed by atoms with Crippen molar-refractivity contribution >= 4 is 33.4 Å². The molecule has 0 bridgehead atoms. The van der Waals surface area contributed by atoms with Gasteiger partial charge in [0.05, 0.1) is 16.7 Å². The van der Waals surface area contributed by atoms with Crippen molar-refractivity contribution < 1.29 is 4.79 Å². The van der Waals surface area contributed by atoms with Crippen molar-refractivity contribution in [2.75, 3.05) is 5.32 Å². The number of carbonyl (C=O) groups excluding carboxylic acids is 1. The SMILES string of the molecule is CCn1c(=O)n(CC(=O)Nc2nc(C)c(C)s2)c2ccccc21. The third-order valence-electron chi connectivity index (χ3n) is 3.82. The van der Waals surface area contributed by atoms with E-state index in [1.165, 1.54) is 15.9 Å². The lowest BCUT2D eigenvalue weighted by Gasteiger charge is -2.03. The van der Waals surface area contributed by atoms with Gasteiger partial charge in [0.2, 0.25) is 5.91 Å². The Hall–Kier alpha value is -2.41. The van der Waals surface area contributed by atoms with Gasteiger partial charge in [-0.2, -0.15) is 0 Å². The first-order valence-electron chi connectivity index (χ1n) is 7.43. The number of fused-ring (bicyclic) bond motifs is 1. The van der Waals surface area contributed by atoms with Crippen molar-refractivity contribution in [1.29, 1.82) is 0 Å². The molecule has 1 aromatic carbocycles. The predicted octanol–water partition coefficient (Wildman–Crippen LogP) is 2.53. The fourth-order valence-electron chi connectivity index (χ4n) is 2.56. The molecule has 0 aliphatic heterocycles. The Balaban J connectivity index is 1.90. The van der Waals surface area contributed by atoms with Gasteiger partial charge >= 0.3 is 5.69 Å². The van der Waals surface area contributed by atoms with Crippen LogP contribution in [0.25, 0.3) is 11.0 Å². The minimum Gasteiger partial charge on any atom is -0.300 e. The molecular weight excluding hydrogens is 312 g/mol. The summed E-state index contributed by atoms with van der Waals surface area (Å²) in [7, 11) is 0. The lowest BCUT2D eigenvalue weighted by Crippen LogP contribution is -2.29. The van der Waals surface area contributed by atoms with E-state index < -0.39 is 0 Å². The van der Waals surface area contributed by atoms with E-state index in [9.17, 15) is 9.59 Å². The maximum Gasteiger partial charge on any atom is 0.329 e. The number of anilines is 1. The van der Waals surface area contributed by atoms with Crippen LogP contribution in [0.5, 0.6) is 0 Å². The molecule has 7 heteroatoms. The fraction of sp³-hybridized carbons (Fsp3) is 0.312. The molecule has 120 valence electrons. The van der Waals surface area contributed by atoms with Gasteiger partial charge in [-0.25, -0.2) is 9.78 Å². The molecule has 0 radical (unpaired) electrons. The highest BCUT2D eigenvalue weighted by Gasteiger charge is 2.15. The quantitative estimate of drug-likeness (QED) is 0.799. The number of amides is 1. The van der Waals surface area contributed by atoms with Crippen LogP contribution in [0.2, 0.25) is 0 Å². The van der Waals surface area contributed by atoms with Crippen LogP contribution in [-0.2, 0) is 17.9 Å². The number of para-hydroxylation sites is 2. The van der Waals surface area contributed by atoms with Crippen LogP contribution in [0.1, 0.15) is 17.5 Å². The first-order valence-corrected chi connectivity index (χ1v) is 8.25. The Morgan fingerprint density at radius 3 is 2.43 bits per heavy atom. The summed E-state index contributed by atoms with van der Waals surface area (Å²) in [4.78, 5) is 30.1. The molecule has 2 heterocycles. The summed E-state index contributed by atoms with van der Waals surface area (Å²) in [5, 5.41) is 3.34. The zero-order valence-electron chi connectivity index (χ0n) is 13.3. The zero-order chi connectivity index (χ0) is 16.6. The van der Waals surface area contributed by atoms with Crippen LogP contribution < -0.4 is 11.0 Å². The number of nitrogens with zero attached hydrogens (tertiary/aromatic N) is 3. The van der Waals surface area contributed by atoms with Crippen LogP contribution >= 0.6 is 11.3 Å². The summed E-state index contributed by atoms with van der Waals surface area (Å²) in [6.45, 7) is 6.32. The van der Waals surface area contributed by atoms with Crippen molar-refractivity contribution in [3.63, 3.8) is 0 Å². The van der Waals surface area contributed by atoms with Gasteiger partial charge in [-0.1, -0.05) is 12.1 Å². The van der Waals surface area contributed by atoms with E-state index in [4.69, 9.17) is 0 Å². The molecule has 0 aliphatic rings. The van der Waals surface area contributed by atoms with Gasteiger partial charge in [-0.15, -0.1) is 11.3 Å². The minimum absolute atomic E-state index is 0.0238. The van der Waals surface area contributed by atoms with E-state index >= 15 is 0 Å². The standard InChI is InChI=1S/C16H18N4O2S/c1-4-19-12-7-5-6-8-13(12)20(16(19)22)9-14(21)18-15-17-10(2)11(3)23-15/h5-8H,4,9H2,1-3H3,(H,17,18,21). The average molecular weight is 330 g/mol. The average Bonchev–Trinajstić information content (AvgIpc) is 2.97. The van der Waals surface area contributed by atoms with E-state index in [0.29, 0.717) is 11.7 Å². The third-order valence-corrected chi connectivity index (χ3v) is 4.81. The fourth-order valence-corrected chi connectivity index (χ4v) is 3.39.